The number of ether oxygens (including phenoxy) is 1. The Balaban J connectivity index is 1.38. The lowest BCUT2D eigenvalue weighted by Crippen LogP contribution is -2.35. The van der Waals surface area contributed by atoms with Crippen LogP contribution in [0.15, 0.2) is 0 Å². The number of amides is 2. The quantitative estimate of drug-likeness (QED) is 0.648. The molecule has 0 bridgehead atoms. The second-order valence-corrected chi connectivity index (χ2v) is 9.05. The van der Waals surface area contributed by atoms with E-state index in [9.17, 15) is 9.59 Å². The van der Waals surface area contributed by atoms with Crippen molar-refractivity contribution in [2.75, 3.05) is 30.4 Å². The Hall–Kier alpha value is -1.90. The number of hydrogen-bond acceptors (Lipinski definition) is 7. The van der Waals surface area contributed by atoms with Crippen molar-refractivity contribution in [2.24, 2.45) is 11.8 Å². The fourth-order valence-corrected chi connectivity index (χ4v) is 5.05. The van der Waals surface area contributed by atoms with E-state index in [0.717, 1.165) is 30.8 Å². The number of carbonyl (C=O) groups excluding carboxylic acids is 2. The number of anilines is 2. The molecule has 0 spiro atoms. The summed E-state index contributed by atoms with van der Waals surface area (Å²) in [5, 5.41) is 15.5. The van der Waals surface area contributed by atoms with E-state index in [1.165, 1.54) is 43.4 Å². The maximum atomic E-state index is 12.2. The number of nitrogens with zero attached hydrogens (tertiary/aromatic N) is 3. The molecular weight excluding hydrogens is 390 g/mol. The van der Waals surface area contributed by atoms with Crippen molar-refractivity contribution in [1.82, 2.24) is 15.5 Å². The first-order valence-corrected chi connectivity index (χ1v) is 11.7. The molecule has 162 valence electrons. The summed E-state index contributed by atoms with van der Waals surface area (Å²) in [4.78, 5) is 26.2. The van der Waals surface area contributed by atoms with Gasteiger partial charge in [-0.15, -0.1) is 10.2 Å². The Labute approximate surface area is 176 Å². The van der Waals surface area contributed by atoms with Gasteiger partial charge in [0.2, 0.25) is 10.3 Å². The van der Waals surface area contributed by atoms with E-state index in [4.69, 9.17) is 4.74 Å². The molecule has 0 radical (unpaired) electrons. The van der Waals surface area contributed by atoms with E-state index in [0.29, 0.717) is 30.2 Å². The Morgan fingerprint density at radius 3 is 2.52 bits per heavy atom. The standard InChI is InChI=1S/C20H33N5O3S/c1-3-28-17(26)15-11-9-14(10-12-15)13-21-18(27)22-19-23-24-20(29-19)25(2)16-7-5-4-6-8-16/h14-16H,3-13H2,1-2H3,(H2,21,22,23,27). The average molecular weight is 424 g/mol. The third-order valence-corrected chi connectivity index (χ3v) is 7.01. The number of aromatic nitrogens is 2. The summed E-state index contributed by atoms with van der Waals surface area (Å²) in [5.41, 5.74) is 0. The van der Waals surface area contributed by atoms with Crippen LogP contribution in [0.4, 0.5) is 15.1 Å². The molecule has 9 heteroatoms. The Morgan fingerprint density at radius 2 is 1.83 bits per heavy atom. The molecule has 2 N–H and O–H groups in total. The molecule has 8 nitrogen and oxygen atoms in total. The van der Waals surface area contributed by atoms with Gasteiger partial charge in [0, 0.05) is 19.6 Å². The zero-order valence-electron chi connectivity index (χ0n) is 17.5. The third kappa shape index (κ3) is 6.29. The van der Waals surface area contributed by atoms with Crippen LogP contribution in [-0.2, 0) is 9.53 Å². The number of rotatable bonds is 7. The summed E-state index contributed by atoms with van der Waals surface area (Å²) in [6, 6.07) is 0.267. The van der Waals surface area contributed by atoms with Gasteiger partial charge < -0.3 is 15.0 Å². The second-order valence-electron chi connectivity index (χ2n) is 8.10. The molecule has 0 aliphatic heterocycles. The Bertz CT molecular complexity index is 669. The zero-order chi connectivity index (χ0) is 20.6. The molecule has 1 aromatic heterocycles. The van der Waals surface area contributed by atoms with Gasteiger partial charge in [0.1, 0.15) is 0 Å². The lowest BCUT2D eigenvalue weighted by atomic mass is 9.82. The summed E-state index contributed by atoms with van der Waals surface area (Å²) in [7, 11) is 2.06. The van der Waals surface area contributed by atoms with Crippen molar-refractivity contribution < 1.29 is 14.3 Å². The Morgan fingerprint density at radius 1 is 1.10 bits per heavy atom. The molecular formula is C20H33N5O3S. The summed E-state index contributed by atoms with van der Waals surface area (Å²) in [6.07, 6.45) is 9.76. The lowest BCUT2D eigenvalue weighted by Gasteiger charge is -2.30. The molecule has 2 fully saturated rings. The first-order valence-electron chi connectivity index (χ1n) is 10.8. The van der Waals surface area contributed by atoms with Crippen molar-refractivity contribution in [1.29, 1.82) is 0 Å². The van der Waals surface area contributed by atoms with Crippen molar-refractivity contribution in [3.8, 4) is 0 Å². The molecule has 1 aromatic rings. The van der Waals surface area contributed by atoms with E-state index in [2.05, 4.69) is 32.8 Å². The maximum absolute atomic E-state index is 12.2. The Kier molecular flexibility index (Phi) is 8.09. The van der Waals surface area contributed by atoms with Gasteiger partial charge >= 0.3 is 12.0 Å². The van der Waals surface area contributed by atoms with Crippen molar-refractivity contribution in [2.45, 2.75) is 70.8 Å². The smallest absolute Gasteiger partial charge is 0.321 e. The second kappa shape index (κ2) is 10.8. The minimum Gasteiger partial charge on any atom is -0.466 e. The molecule has 2 amide bonds. The zero-order valence-corrected chi connectivity index (χ0v) is 18.3. The highest BCUT2D eigenvalue weighted by Crippen LogP contribution is 2.30. The molecule has 1 heterocycles. The van der Waals surface area contributed by atoms with Crippen LogP contribution in [0.3, 0.4) is 0 Å². The van der Waals surface area contributed by atoms with Crippen LogP contribution >= 0.6 is 11.3 Å². The average Bonchev–Trinajstić information content (AvgIpc) is 3.21. The third-order valence-electron chi connectivity index (χ3n) is 6.08. The van der Waals surface area contributed by atoms with Gasteiger partial charge in [-0.1, -0.05) is 30.6 Å². The van der Waals surface area contributed by atoms with Gasteiger partial charge in [0.25, 0.3) is 0 Å². The number of esters is 1. The maximum Gasteiger partial charge on any atom is 0.321 e. The minimum absolute atomic E-state index is 0.0148. The van der Waals surface area contributed by atoms with Crippen LogP contribution < -0.4 is 15.5 Å². The van der Waals surface area contributed by atoms with Crippen LogP contribution in [0.1, 0.15) is 64.7 Å². The highest BCUT2D eigenvalue weighted by Gasteiger charge is 2.27. The van der Waals surface area contributed by atoms with Gasteiger partial charge in [-0.3, -0.25) is 10.1 Å². The monoisotopic (exact) mass is 423 g/mol. The molecule has 0 saturated heterocycles. The van der Waals surface area contributed by atoms with Crippen LogP contribution in [0.2, 0.25) is 0 Å². The number of urea groups is 1. The number of carbonyl (C=O) groups is 2. The van der Waals surface area contributed by atoms with E-state index >= 15 is 0 Å². The fourth-order valence-electron chi connectivity index (χ4n) is 4.27. The number of hydrogen-bond donors (Lipinski definition) is 2. The van der Waals surface area contributed by atoms with Gasteiger partial charge in [-0.25, -0.2) is 4.79 Å². The molecule has 0 unspecified atom stereocenters. The van der Waals surface area contributed by atoms with Crippen molar-refractivity contribution in [3.63, 3.8) is 0 Å². The summed E-state index contributed by atoms with van der Waals surface area (Å²) in [6.45, 7) is 2.88. The fraction of sp³-hybridized carbons (Fsp3) is 0.800. The SMILES string of the molecule is CCOC(=O)C1CCC(CNC(=O)Nc2nnc(N(C)C3CCCCC3)s2)CC1. The van der Waals surface area contributed by atoms with Gasteiger partial charge in [-0.2, -0.15) is 0 Å². The molecule has 0 atom stereocenters. The predicted octanol–water partition coefficient (Wildman–Crippen LogP) is 3.80. The summed E-state index contributed by atoms with van der Waals surface area (Å²) >= 11 is 1.41. The van der Waals surface area contributed by atoms with E-state index in [1.54, 1.807) is 0 Å². The largest absolute Gasteiger partial charge is 0.466 e. The molecule has 0 aromatic carbocycles. The van der Waals surface area contributed by atoms with Crippen molar-refractivity contribution in [3.05, 3.63) is 0 Å². The van der Waals surface area contributed by atoms with Gasteiger partial charge in [0.15, 0.2) is 0 Å². The topological polar surface area (TPSA) is 96.4 Å². The van der Waals surface area contributed by atoms with Crippen LogP contribution in [0.5, 0.6) is 0 Å². The lowest BCUT2D eigenvalue weighted by molar-refractivity contribution is -0.149. The van der Waals surface area contributed by atoms with Gasteiger partial charge in [0.05, 0.1) is 12.5 Å². The van der Waals surface area contributed by atoms with Crippen LogP contribution in [-0.4, -0.2) is 48.4 Å². The first kappa shape index (κ1) is 21.8. The number of nitrogens with one attached hydrogen (secondary N) is 2. The van der Waals surface area contributed by atoms with Crippen LogP contribution in [0.25, 0.3) is 0 Å². The molecule has 2 saturated carbocycles. The summed E-state index contributed by atoms with van der Waals surface area (Å²) in [5.74, 6) is 0.330. The molecule has 29 heavy (non-hydrogen) atoms. The van der Waals surface area contributed by atoms with Gasteiger partial charge in [-0.05, 0) is 51.4 Å². The first-order chi connectivity index (χ1) is 14.1. The normalized spacial score (nSPS) is 22.7. The molecule has 3 rings (SSSR count). The highest BCUT2D eigenvalue weighted by molar-refractivity contribution is 7.19. The van der Waals surface area contributed by atoms with Crippen molar-refractivity contribution >= 4 is 33.6 Å². The van der Waals surface area contributed by atoms with E-state index in [-0.39, 0.29) is 17.9 Å². The summed E-state index contributed by atoms with van der Waals surface area (Å²) < 4.78 is 5.10. The predicted molar refractivity (Wildman–Crippen MR) is 114 cm³/mol. The molecule has 2 aliphatic rings. The highest BCUT2D eigenvalue weighted by atomic mass is 32.1. The van der Waals surface area contributed by atoms with E-state index in [1.807, 2.05) is 6.92 Å². The van der Waals surface area contributed by atoms with Crippen LogP contribution in [0, 0.1) is 11.8 Å². The van der Waals surface area contributed by atoms with E-state index < -0.39 is 0 Å². The minimum atomic E-state index is -0.250. The molecule has 2 aliphatic carbocycles.